The lowest BCUT2D eigenvalue weighted by atomic mass is 9.72. The molecule has 1 amide bonds. The second-order valence-corrected chi connectivity index (χ2v) is 5.93. The fraction of sp³-hybridized carbons (Fsp3) is 0.625. The number of methoxy groups -OCH3 is 1. The summed E-state index contributed by atoms with van der Waals surface area (Å²) in [5.74, 6) is -0.131. The smallest absolute Gasteiger partial charge is 0.252 e. The quantitative estimate of drug-likeness (QED) is 0.843. The second kappa shape index (κ2) is 7.41. The lowest BCUT2D eigenvalue weighted by Crippen LogP contribution is -2.39. The number of nitrogens with one attached hydrogen (secondary N) is 2. The van der Waals surface area contributed by atoms with Gasteiger partial charge in [0.25, 0.3) is 5.91 Å². The first-order valence-electron chi connectivity index (χ1n) is 7.61. The van der Waals surface area contributed by atoms with Crippen LogP contribution in [-0.2, 0) is 4.74 Å². The van der Waals surface area contributed by atoms with Gasteiger partial charge >= 0.3 is 0 Å². The standard InChI is InChI=1S/C16H24N2O3/c1-21-10-9-16(7-3-2-4-8-16)12-18-15(20)13-5-6-14(19)17-11-13/h5-6,11H,2-4,7-10,12H2,1H3,(H,17,19)(H,18,20). The molecule has 116 valence electrons. The van der Waals surface area contributed by atoms with Gasteiger partial charge in [-0.1, -0.05) is 19.3 Å². The molecule has 5 nitrogen and oxygen atoms in total. The van der Waals surface area contributed by atoms with E-state index < -0.39 is 0 Å². The third-order valence-corrected chi connectivity index (χ3v) is 4.42. The largest absolute Gasteiger partial charge is 0.385 e. The highest BCUT2D eigenvalue weighted by atomic mass is 16.5. The summed E-state index contributed by atoms with van der Waals surface area (Å²) >= 11 is 0. The van der Waals surface area contributed by atoms with E-state index in [0.717, 1.165) is 25.9 Å². The van der Waals surface area contributed by atoms with Crippen molar-refractivity contribution in [2.75, 3.05) is 20.3 Å². The topological polar surface area (TPSA) is 71.2 Å². The van der Waals surface area contributed by atoms with Crippen molar-refractivity contribution in [2.24, 2.45) is 5.41 Å². The number of ether oxygens (including phenoxy) is 1. The third-order valence-electron chi connectivity index (χ3n) is 4.42. The molecule has 0 aliphatic heterocycles. The summed E-state index contributed by atoms with van der Waals surface area (Å²) in [5, 5.41) is 3.02. The molecule has 21 heavy (non-hydrogen) atoms. The molecule has 2 N–H and O–H groups in total. The van der Waals surface area contributed by atoms with Gasteiger partial charge in [-0.15, -0.1) is 0 Å². The molecule has 0 spiro atoms. The zero-order valence-corrected chi connectivity index (χ0v) is 12.6. The van der Waals surface area contributed by atoms with Crippen molar-refractivity contribution in [2.45, 2.75) is 38.5 Å². The van der Waals surface area contributed by atoms with E-state index in [1.807, 2.05) is 0 Å². The molecule has 0 aromatic carbocycles. The first-order valence-corrected chi connectivity index (χ1v) is 7.61. The Morgan fingerprint density at radius 2 is 2.10 bits per heavy atom. The Morgan fingerprint density at radius 1 is 1.33 bits per heavy atom. The number of hydrogen-bond donors (Lipinski definition) is 2. The Labute approximate surface area is 125 Å². The molecule has 1 heterocycles. The molecule has 2 rings (SSSR count). The highest BCUT2D eigenvalue weighted by Gasteiger charge is 2.32. The predicted molar refractivity (Wildman–Crippen MR) is 81.4 cm³/mol. The first kappa shape index (κ1) is 15.8. The first-order chi connectivity index (χ1) is 10.2. The summed E-state index contributed by atoms with van der Waals surface area (Å²) in [4.78, 5) is 25.7. The lowest BCUT2D eigenvalue weighted by molar-refractivity contribution is 0.0822. The fourth-order valence-corrected chi connectivity index (χ4v) is 3.06. The third kappa shape index (κ3) is 4.43. The summed E-state index contributed by atoms with van der Waals surface area (Å²) in [6, 6.07) is 2.92. The maximum absolute atomic E-state index is 12.2. The van der Waals surface area contributed by atoms with Crippen molar-refractivity contribution in [3.8, 4) is 0 Å². The van der Waals surface area contributed by atoms with Crippen molar-refractivity contribution in [1.29, 1.82) is 0 Å². The molecule has 0 atom stereocenters. The zero-order valence-electron chi connectivity index (χ0n) is 12.6. The summed E-state index contributed by atoms with van der Waals surface area (Å²) in [7, 11) is 1.72. The normalized spacial score (nSPS) is 17.4. The van der Waals surface area contributed by atoms with E-state index >= 15 is 0 Å². The molecule has 1 aromatic rings. The van der Waals surface area contributed by atoms with Crippen molar-refractivity contribution < 1.29 is 9.53 Å². The Morgan fingerprint density at radius 3 is 2.71 bits per heavy atom. The second-order valence-electron chi connectivity index (χ2n) is 5.93. The molecular formula is C16H24N2O3. The monoisotopic (exact) mass is 292 g/mol. The van der Waals surface area contributed by atoms with Crippen LogP contribution in [0, 0.1) is 5.41 Å². The molecular weight excluding hydrogens is 268 g/mol. The number of carbonyl (C=O) groups is 1. The van der Waals surface area contributed by atoms with Gasteiger partial charge in [0, 0.05) is 32.5 Å². The van der Waals surface area contributed by atoms with Gasteiger partial charge in [0.2, 0.25) is 5.56 Å². The van der Waals surface area contributed by atoms with Crippen LogP contribution in [0.5, 0.6) is 0 Å². The van der Waals surface area contributed by atoms with Gasteiger partial charge in [0.1, 0.15) is 0 Å². The molecule has 1 aromatic heterocycles. The molecule has 1 saturated carbocycles. The van der Waals surface area contributed by atoms with Crippen molar-refractivity contribution >= 4 is 5.91 Å². The van der Waals surface area contributed by atoms with E-state index in [1.165, 1.54) is 31.5 Å². The maximum atomic E-state index is 12.2. The predicted octanol–water partition coefficient (Wildman–Crippen LogP) is 2.09. The minimum absolute atomic E-state index is 0.131. The van der Waals surface area contributed by atoms with Crippen LogP contribution in [-0.4, -0.2) is 31.2 Å². The molecule has 0 unspecified atom stereocenters. The summed E-state index contributed by atoms with van der Waals surface area (Å²) < 4.78 is 5.22. The highest BCUT2D eigenvalue weighted by Crippen LogP contribution is 2.38. The van der Waals surface area contributed by atoms with Crippen LogP contribution < -0.4 is 10.9 Å². The Kier molecular flexibility index (Phi) is 5.56. The number of hydrogen-bond acceptors (Lipinski definition) is 3. The Hall–Kier alpha value is -1.62. The van der Waals surface area contributed by atoms with Crippen LogP contribution in [0.4, 0.5) is 0 Å². The van der Waals surface area contributed by atoms with Crippen LogP contribution in [0.2, 0.25) is 0 Å². The fourth-order valence-electron chi connectivity index (χ4n) is 3.06. The molecule has 1 aliphatic rings. The number of pyridine rings is 1. The van der Waals surface area contributed by atoms with E-state index in [0.29, 0.717) is 12.1 Å². The minimum Gasteiger partial charge on any atom is -0.385 e. The number of aromatic nitrogens is 1. The molecule has 0 saturated heterocycles. The van der Waals surface area contributed by atoms with E-state index in [9.17, 15) is 9.59 Å². The molecule has 5 heteroatoms. The number of aromatic amines is 1. The number of carbonyl (C=O) groups excluding carboxylic acids is 1. The Bertz CT molecular complexity index is 498. The average Bonchev–Trinajstić information content (AvgIpc) is 2.52. The van der Waals surface area contributed by atoms with Crippen LogP contribution in [0.25, 0.3) is 0 Å². The van der Waals surface area contributed by atoms with E-state index in [4.69, 9.17) is 4.74 Å². The van der Waals surface area contributed by atoms with Gasteiger partial charge in [-0.3, -0.25) is 9.59 Å². The average molecular weight is 292 g/mol. The van der Waals surface area contributed by atoms with Crippen LogP contribution in [0.1, 0.15) is 48.9 Å². The molecule has 0 radical (unpaired) electrons. The highest BCUT2D eigenvalue weighted by molar-refractivity contribution is 5.93. The SMILES string of the molecule is COCCC1(CNC(=O)c2ccc(=O)[nH]c2)CCCCC1. The Balaban J connectivity index is 1.95. The minimum atomic E-state index is -0.199. The van der Waals surface area contributed by atoms with Gasteiger partial charge in [-0.05, 0) is 30.7 Å². The molecule has 1 fully saturated rings. The summed E-state index contributed by atoms with van der Waals surface area (Å²) in [6.07, 6.45) is 8.44. The summed E-state index contributed by atoms with van der Waals surface area (Å²) in [6.45, 7) is 1.41. The molecule has 1 aliphatic carbocycles. The van der Waals surface area contributed by atoms with Crippen molar-refractivity contribution in [3.05, 3.63) is 34.2 Å². The van der Waals surface area contributed by atoms with E-state index in [1.54, 1.807) is 13.2 Å². The van der Waals surface area contributed by atoms with Gasteiger partial charge in [-0.25, -0.2) is 0 Å². The zero-order chi connectivity index (χ0) is 15.1. The number of H-pyrrole nitrogens is 1. The van der Waals surface area contributed by atoms with Crippen molar-refractivity contribution in [3.63, 3.8) is 0 Å². The van der Waals surface area contributed by atoms with E-state index in [2.05, 4.69) is 10.3 Å². The van der Waals surface area contributed by atoms with Gasteiger partial charge < -0.3 is 15.0 Å². The van der Waals surface area contributed by atoms with Crippen molar-refractivity contribution in [1.82, 2.24) is 10.3 Å². The van der Waals surface area contributed by atoms with Gasteiger partial charge in [0.05, 0.1) is 5.56 Å². The van der Waals surface area contributed by atoms with Crippen LogP contribution >= 0.6 is 0 Å². The number of amides is 1. The van der Waals surface area contributed by atoms with Gasteiger partial charge in [-0.2, -0.15) is 0 Å². The molecule has 0 bridgehead atoms. The van der Waals surface area contributed by atoms with Gasteiger partial charge in [0.15, 0.2) is 0 Å². The van der Waals surface area contributed by atoms with Crippen LogP contribution in [0.15, 0.2) is 23.1 Å². The lowest BCUT2D eigenvalue weighted by Gasteiger charge is -2.37. The summed E-state index contributed by atoms with van der Waals surface area (Å²) in [5.41, 5.74) is 0.453. The van der Waals surface area contributed by atoms with Crippen LogP contribution in [0.3, 0.4) is 0 Å². The van der Waals surface area contributed by atoms with E-state index in [-0.39, 0.29) is 16.9 Å². The maximum Gasteiger partial charge on any atom is 0.252 e. The number of rotatable bonds is 6.